The van der Waals surface area contributed by atoms with Gasteiger partial charge in [-0.15, -0.1) is 0 Å². The van der Waals surface area contributed by atoms with E-state index in [2.05, 4.69) is 51.6 Å². The quantitative estimate of drug-likeness (QED) is 0.757. The SMILES string of the molecule is COC(=O)CCNC(=O)CCc1cc(C(C)(C)C)c(O)c(C(C)(C)C)c1. The molecule has 1 rings (SSSR count). The van der Waals surface area contributed by atoms with E-state index >= 15 is 0 Å². The van der Waals surface area contributed by atoms with Gasteiger partial charge in [-0.3, -0.25) is 9.59 Å². The number of benzene rings is 1. The maximum Gasteiger partial charge on any atom is 0.307 e. The number of nitrogens with one attached hydrogen (secondary N) is 1. The van der Waals surface area contributed by atoms with E-state index in [-0.39, 0.29) is 35.7 Å². The van der Waals surface area contributed by atoms with Gasteiger partial charge in [0.2, 0.25) is 5.91 Å². The molecule has 1 aromatic rings. The Hall–Kier alpha value is -2.04. The third-order valence-corrected chi connectivity index (χ3v) is 4.31. The number of aryl methyl sites for hydroxylation is 1. The highest BCUT2D eigenvalue weighted by Gasteiger charge is 2.26. The standard InChI is InChI=1S/C21H33NO4/c1-20(2,3)15-12-14(13-16(19(15)25)21(4,5)6)8-9-17(23)22-11-10-18(24)26-7/h12-13,25H,8-11H2,1-7H3,(H,22,23). The molecule has 5 heteroatoms. The molecule has 0 fully saturated rings. The summed E-state index contributed by atoms with van der Waals surface area (Å²) in [5.41, 5.74) is 2.43. The number of carbonyl (C=O) groups excluding carboxylic acids is 2. The molecule has 1 aromatic carbocycles. The molecule has 146 valence electrons. The molecule has 0 atom stereocenters. The number of rotatable bonds is 6. The second kappa shape index (κ2) is 8.56. The zero-order chi connectivity index (χ0) is 20.1. The van der Waals surface area contributed by atoms with Gasteiger partial charge in [-0.05, 0) is 33.9 Å². The minimum Gasteiger partial charge on any atom is -0.507 e. The first-order chi connectivity index (χ1) is 11.9. The van der Waals surface area contributed by atoms with Crippen LogP contribution in [0.4, 0.5) is 0 Å². The number of amides is 1. The van der Waals surface area contributed by atoms with Crippen molar-refractivity contribution >= 4 is 11.9 Å². The summed E-state index contributed by atoms with van der Waals surface area (Å²) >= 11 is 0. The van der Waals surface area contributed by atoms with Crippen LogP contribution in [-0.4, -0.2) is 30.6 Å². The Morgan fingerprint density at radius 3 is 1.92 bits per heavy atom. The van der Waals surface area contributed by atoms with Crippen LogP contribution in [-0.2, 0) is 31.6 Å². The fourth-order valence-corrected chi connectivity index (χ4v) is 2.73. The Balaban J connectivity index is 2.90. The van der Waals surface area contributed by atoms with E-state index in [9.17, 15) is 14.7 Å². The van der Waals surface area contributed by atoms with E-state index in [1.54, 1.807) is 0 Å². The maximum absolute atomic E-state index is 12.0. The lowest BCUT2D eigenvalue weighted by molar-refractivity contribution is -0.140. The van der Waals surface area contributed by atoms with Crippen LogP contribution in [0.3, 0.4) is 0 Å². The third kappa shape index (κ3) is 6.36. The number of methoxy groups -OCH3 is 1. The van der Waals surface area contributed by atoms with E-state index < -0.39 is 0 Å². The van der Waals surface area contributed by atoms with Crippen LogP contribution < -0.4 is 5.32 Å². The van der Waals surface area contributed by atoms with Crippen LogP contribution in [0.2, 0.25) is 0 Å². The van der Waals surface area contributed by atoms with Crippen molar-refractivity contribution in [1.29, 1.82) is 0 Å². The molecule has 0 aliphatic heterocycles. The molecule has 0 spiro atoms. The molecule has 0 radical (unpaired) electrons. The van der Waals surface area contributed by atoms with E-state index in [4.69, 9.17) is 0 Å². The van der Waals surface area contributed by atoms with Crippen LogP contribution in [0, 0.1) is 0 Å². The summed E-state index contributed by atoms with van der Waals surface area (Å²) in [7, 11) is 1.33. The van der Waals surface area contributed by atoms with E-state index in [0.717, 1.165) is 16.7 Å². The van der Waals surface area contributed by atoms with Crippen molar-refractivity contribution in [2.24, 2.45) is 0 Å². The summed E-state index contributed by atoms with van der Waals surface area (Å²) in [6.45, 7) is 12.7. The van der Waals surface area contributed by atoms with Crippen molar-refractivity contribution in [3.05, 3.63) is 28.8 Å². The maximum atomic E-state index is 12.0. The Labute approximate surface area is 157 Å². The Kier molecular flexibility index (Phi) is 7.25. The van der Waals surface area contributed by atoms with Gasteiger partial charge in [0.1, 0.15) is 5.75 Å². The fraction of sp³-hybridized carbons (Fsp3) is 0.619. The lowest BCUT2D eigenvalue weighted by Gasteiger charge is -2.28. The highest BCUT2D eigenvalue weighted by molar-refractivity contribution is 5.77. The molecule has 26 heavy (non-hydrogen) atoms. The van der Waals surface area contributed by atoms with Crippen molar-refractivity contribution in [3.8, 4) is 5.75 Å². The molecule has 0 saturated heterocycles. The van der Waals surface area contributed by atoms with Gasteiger partial charge in [0.15, 0.2) is 0 Å². The summed E-state index contributed by atoms with van der Waals surface area (Å²) in [4.78, 5) is 23.1. The zero-order valence-electron chi connectivity index (χ0n) is 17.2. The number of ether oxygens (including phenoxy) is 1. The van der Waals surface area contributed by atoms with E-state index in [1.165, 1.54) is 7.11 Å². The predicted octanol–water partition coefficient (Wildman–Crippen LogP) is 3.60. The Bertz CT molecular complexity index is 616. The van der Waals surface area contributed by atoms with Crippen LogP contribution in [0.1, 0.15) is 71.1 Å². The molecule has 0 aliphatic carbocycles. The third-order valence-electron chi connectivity index (χ3n) is 4.31. The topological polar surface area (TPSA) is 75.6 Å². The van der Waals surface area contributed by atoms with Gasteiger partial charge in [-0.2, -0.15) is 0 Å². The number of hydrogen-bond donors (Lipinski definition) is 2. The number of hydrogen-bond acceptors (Lipinski definition) is 4. The predicted molar refractivity (Wildman–Crippen MR) is 103 cm³/mol. The first-order valence-electron chi connectivity index (χ1n) is 9.06. The lowest BCUT2D eigenvalue weighted by Crippen LogP contribution is -2.26. The van der Waals surface area contributed by atoms with Crippen molar-refractivity contribution in [2.45, 2.75) is 71.6 Å². The molecule has 0 bridgehead atoms. The summed E-state index contributed by atoms with van der Waals surface area (Å²) in [5, 5.41) is 13.5. The average Bonchev–Trinajstić information content (AvgIpc) is 2.51. The van der Waals surface area contributed by atoms with Crippen LogP contribution >= 0.6 is 0 Å². The smallest absolute Gasteiger partial charge is 0.307 e. The molecule has 5 nitrogen and oxygen atoms in total. The average molecular weight is 363 g/mol. The highest BCUT2D eigenvalue weighted by Crippen LogP contribution is 2.39. The number of esters is 1. The summed E-state index contributed by atoms with van der Waals surface area (Å²) in [5.74, 6) is -0.0960. The normalized spacial score (nSPS) is 12.0. The van der Waals surface area contributed by atoms with Crippen molar-refractivity contribution < 1.29 is 19.4 Å². The molecule has 0 heterocycles. The van der Waals surface area contributed by atoms with Gasteiger partial charge in [0.25, 0.3) is 0 Å². The van der Waals surface area contributed by atoms with Crippen LogP contribution in [0.5, 0.6) is 5.75 Å². The monoisotopic (exact) mass is 363 g/mol. The van der Waals surface area contributed by atoms with Gasteiger partial charge in [0.05, 0.1) is 13.5 Å². The van der Waals surface area contributed by atoms with Crippen LogP contribution in [0.15, 0.2) is 12.1 Å². The number of aromatic hydroxyl groups is 1. The molecule has 0 aliphatic rings. The minimum absolute atomic E-state index is 0.100. The van der Waals surface area contributed by atoms with Crippen LogP contribution in [0.25, 0.3) is 0 Å². The summed E-state index contributed by atoms with van der Waals surface area (Å²) in [6, 6.07) is 3.98. The van der Waals surface area contributed by atoms with Crippen molar-refractivity contribution in [3.63, 3.8) is 0 Å². The Morgan fingerprint density at radius 1 is 1.00 bits per heavy atom. The molecule has 0 saturated carbocycles. The molecule has 2 N–H and O–H groups in total. The van der Waals surface area contributed by atoms with E-state index in [1.807, 2.05) is 12.1 Å². The molecular formula is C21H33NO4. The summed E-state index contributed by atoms with van der Waals surface area (Å²) < 4.78 is 4.55. The summed E-state index contributed by atoms with van der Waals surface area (Å²) in [6.07, 6.45) is 1.08. The van der Waals surface area contributed by atoms with Crippen molar-refractivity contribution in [2.75, 3.05) is 13.7 Å². The first-order valence-corrected chi connectivity index (χ1v) is 9.06. The fourth-order valence-electron chi connectivity index (χ4n) is 2.73. The lowest BCUT2D eigenvalue weighted by atomic mass is 9.78. The van der Waals surface area contributed by atoms with E-state index in [0.29, 0.717) is 18.6 Å². The molecular weight excluding hydrogens is 330 g/mol. The number of phenols is 1. The second-order valence-corrected chi connectivity index (χ2v) is 8.72. The second-order valence-electron chi connectivity index (χ2n) is 8.72. The highest BCUT2D eigenvalue weighted by atomic mass is 16.5. The largest absolute Gasteiger partial charge is 0.507 e. The molecule has 1 amide bonds. The molecule has 0 aromatic heterocycles. The van der Waals surface area contributed by atoms with Gasteiger partial charge >= 0.3 is 5.97 Å². The number of phenolic OH excluding ortho intramolecular Hbond substituents is 1. The first kappa shape index (κ1) is 22.0. The zero-order valence-corrected chi connectivity index (χ0v) is 17.2. The molecule has 0 unspecified atom stereocenters. The minimum atomic E-state index is -0.339. The Morgan fingerprint density at radius 2 is 1.50 bits per heavy atom. The van der Waals surface area contributed by atoms with Gasteiger partial charge in [-0.1, -0.05) is 53.7 Å². The van der Waals surface area contributed by atoms with Gasteiger partial charge in [0, 0.05) is 13.0 Å². The van der Waals surface area contributed by atoms with Gasteiger partial charge in [-0.25, -0.2) is 0 Å². The van der Waals surface area contributed by atoms with Gasteiger partial charge < -0.3 is 15.2 Å². The number of carbonyl (C=O) groups is 2. The van der Waals surface area contributed by atoms with Crippen molar-refractivity contribution in [1.82, 2.24) is 5.32 Å².